The summed E-state index contributed by atoms with van der Waals surface area (Å²) in [5.41, 5.74) is -0.0292. The van der Waals surface area contributed by atoms with E-state index >= 15 is 0 Å². The number of aryl methyl sites for hydroxylation is 2. The van der Waals surface area contributed by atoms with Gasteiger partial charge in [-0.2, -0.15) is 0 Å². The number of aliphatic hydroxyl groups is 1. The second-order valence-electron chi connectivity index (χ2n) is 2.46. The quantitative estimate of drug-likeness (QED) is 0.645. The SMILES string of the molecule is Cn1ccn(CCCO)c1=O. The number of aliphatic hydroxyl groups excluding tert-OH is 1. The summed E-state index contributed by atoms with van der Waals surface area (Å²) in [6, 6.07) is 0. The third-order valence-corrected chi connectivity index (χ3v) is 1.57. The highest BCUT2D eigenvalue weighted by atomic mass is 16.3. The van der Waals surface area contributed by atoms with Crippen molar-refractivity contribution in [2.75, 3.05) is 6.61 Å². The Kier molecular flexibility index (Phi) is 2.48. The van der Waals surface area contributed by atoms with Crippen molar-refractivity contribution in [3.05, 3.63) is 22.9 Å². The van der Waals surface area contributed by atoms with E-state index in [0.29, 0.717) is 13.0 Å². The number of hydrogen-bond donors (Lipinski definition) is 1. The third kappa shape index (κ3) is 1.71. The van der Waals surface area contributed by atoms with E-state index in [2.05, 4.69) is 0 Å². The lowest BCUT2D eigenvalue weighted by molar-refractivity contribution is 0.279. The zero-order valence-corrected chi connectivity index (χ0v) is 6.53. The Morgan fingerprint density at radius 2 is 2.27 bits per heavy atom. The molecular formula is C7H12N2O2. The van der Waals surface area contributed by atoms with Crippen LogP contribution in [0.25, 0.3) is 0 Å². The van der Waals surface area contributed by atoms with Gasteiger partial charge in [0.15, 0.2) is 0 Å². The van der Waals surface area contributed by atoms with Gasteiger partial charge < -0.3 is 9.67 Å². The Labute approximate surface area is 64.7 Å². The number of rotatable bonds is 3. The first-order valence-electron chi connectivity index (χ1n) is 3.58. The first-order chi connectivity index (χ1) is 5.25. The van der Waals surface area contributed by atoms with Crippen LogP contribution in [0.3, 0.4) is 0 Å². The molecule has 0 aliphatic carbocycles. The summed E-state index contributed by atoms with van der Waals surface area (Å²) < 4.78 is 3.09. The Bertz CT molecular complexity index is 274. The summed E-state index contributed by atoms with van der Waals surface area (Å²) in [7, 11) is 1.71. The molecule has 11 heavy (non-hydrogen) atoms. The van der Waals surface area contributed by atoms with Gasteiger partial charge in [-0.05, 0) is 6.42 Å². The predicted molar refractivity (Wildman–Crippen MR) is 41.4 cm³/mol. The molecule has 0 aliphatic heterocycles. The van der Waals surface area contributed by atoms with Gasteiger partial charge in [0.1, 0.15) is 0 Å². The van der Waals surface area contributed by atoms with Crippen molar-refractivity contribution >= 4 is 0 Å². The second kappa shape index (κ2) is 3.39. The maximum absolute atomic E-state index is 11.1. The zero-order chi connectivity index (χ0) is 8.27. The minimum Gasteiger partial charge on any atom is -0.396 e. The van der Waals surface area contributed by atoms with Gasteiger partial charge in [-0.25, -0.2) is 4.79 Å². The lowest BCUT2D eigenvalue weighted by Gasteiger charge is -1.96. The monoisotopic (exact) mass is 156 g/mol. The summed E-state index contributed by atoms with van der Waals surface area (Å²) >= 11 is 0. The largest absolute Gasteiger partial charge is 0.396 e. The van der Waals surface area contributed by atoms with Gasteiger partial charge in [0.25, 0.3) is 0 Å². The van der Waals surface area contributed by atoms with Crippen LogP contribution in [-0.2, 0) is 13.6 Å². The van der Waals surface area contributed by atoms with E-state index in [0.717, 1.165) is 0 Å². The molecule has 4 nitrogen and oxygen atoms in total. The average molecular weight is 156 g/mol. The van der Waals surface area contributed by atoms with Crippen molar-refractivity contribution in [3.8, 4) is 0 Å². The molecule has 62 valence electrons. The summed E-state index contributed by atoms with van der Waals surface area (Å²) in [5.74, 6) is 0. The van der Waals surface area contributed by atoms with E-state index in [1.807, 2.05) is 0 Å². The first-order valence-corrected chi connectivity index (χ1v) is 3.58. The molecular weight excluding hydrogens is 144 g/mol. The van der Waals surface area contributed by atoms with Gasteiger partial charge in [0.2, 0.25) is 0 Å². The lowest BCUT2D eigenvalue weighted by Crippen LogP contribution is -2.22. The van der Waals surface area contributed by atoms with E-state index in [4.69, 9.17) is 5.11 Å². The molecule has 1 N–H and O–H groups in total. The molecule has 1 heterocycles. The Balaban J connectivity index is 2.71. The van der Waals surface area contributed by atoms with Crippen molar-refractivity contribution in [2.45, 2.75) is 13.0 Å². The molecule has 1 aromatic heterocycles. The van der Waals surface area contributed by atoms with E-state index in [1.165, 1.54) is 4.57 Å². The van der Waals surface area contributed by atoms with Crippen LogP contribution in [0.4, 0.5) is 0 Å². The average Bonchev–Trinajstić information content (AvgIpc) is 2.31. The summed E-state index contributed by atoms with van der Waals surface area (Å²) in [6.07, 6.45) is 4.06. The summed E-state index contributed by atoms with van der Waals surface area (Å²) in [5, 5.41) is 8.50. The lowest BCUT2D eigenvalue weighted by atomic mass is 10.4. The standard InChI is InChI=1S/C7H12N2O2/c1-8-4-5-9(7(8)11)3-2-6-10/h4-5,10H,2-3,6H2,1H3. The van der Waals surface area contributed by atoms with Gasteiger partial charge >= 0.3 is 5.69 Å². The molecule has 0 saturated heterocycles. The second-order valence-corrected chi connectivity index (χ2v) is 2.46. The molecule has 0 fully saturated rings. The van der Waals surface area contributed by atoms with Crippen LogP contribution in [0.1, 0.15) is 6.42 Å². The predicted octanol–water partition coefficient (Wildman–Crippen LogP) is -0.431. The van der Waals surface area contributed by atoms with E-state index < -0.39 is 0 Å². The topological polar surface area (TPSA) is 47.2 Å². The van der Waals surface area contributed by atoms with Crippen LogP contribution >= 0.6 is 0 Å². The van der Waals surface area contributed by atoms with Crippen LogP contribution in [-0.4, -0.2) is 20.8 Å². The summed E-state index contributed by atoms with van der Waals surface area (Å²) in [6.45, 7) is 0.720. The smallest absolute Gasteiger partial charge is 0.327 e. The van der Waals surface area contributed by atoms with Gasteiger partial charge in [-0.1, -0.05) is 0 Å². The van der Waals surface area contributed by atoms with Gasteiger partial charge in [0.05, 0.1) is 0 Å². The maximum atomic E-state index is 11.1. The number of imidazole rings is 1. The molecule has 1 rings (SSSR count). The van der Waals surface area contributed by atoms with E-state index in [-0.39, 0.29) is 12.3 Å². The van der Waals surface area contributed by atoms with Crippen molar-refractivity contribution in [3.63, 3.8) is 0 Å². The molecule has 4 heteroatoms. The molecule has 0 atom stereocenters. The fourth-order valence-corrected chi connectivity index (χ4v) is 0.922. The molecule has 0 amide bonds. The normalized spacial score (nSPS) is 10.4. The molecule has 0 aromatic carbocycles. The van der Waals surface area contributed by atoms with E-state index in [1.54, 1.807) is 24.0 Å². The maximum Gasteiger partial charge on any atom is 0.327 e. The Morgan fingerprint density at radius 3 is 2.73 bits per heavy atom. The van der Waals surface area contributed by atoms with Crippen molar-refractivity contribution in [2.24, 2.45) is 7.05 Å². The van der Waals surface area contributed by atoms with Crippen LogP contribution in [0.15, 0.2) is 17.2 Å². The van der Waals surface area contributed by atoms with Crippen LogP contribution < -0.4 is 5.69 Å². The van der Waals surface area contributed by atoms with Crippen molar-refractivity contribution in [1.82, 2.24) is 9.13 Å². The Morgan fingerprint density at radius 1 is 1.55 bits per heavy atom. The highest BCUT2D eigenvalue weighted by molar-refractivity contribution is 4.79. The van der Waals surface area contributed by atoms with E-state index in [9.17, 15) is 4.79 Å². The van der Waals surface area contributed by atoms with Crippen LogP contribution in [0.5, 0.6) is 0 Å². The molecule has 0 unspecified atom stereocenters. The Hall–Kier alpha value is -1.03. The minimum atomic E-state index is -0.0292. The zero-order valence-electron chi connectivity index (χ0n) is 6.53. The fraction of sp³-hybridized carbons (Fsp3) is 0.571. The third-order valence-electron chi connectivity index (χ3n) is 1.57. The molecule has 0 bridgehead atoms. The number of aromatic nitrogens is 2. The highest BCUT2D eigenvalue weighted by Crippen LogP contribution is 1.85. The van der Waals surface area contributed by atoms with Gasteiger partial charge in [-0.3, -0.25) is 4.57 Å². The summed E-state index contributed by atoms with van der Waals surface area (Å²) in [4.78, 5) is 11.1. The number of hydrogen-bond acceptors (Lipinski definition) is 2. The van der Waals surface area contributed by atoms with Crippen LogP contribution in [0, 0.1) is 0 Å². The number of nitrogens with zero attached hydrogens (tertiary/aromatic N) is 2. The minimum absolute atomic E-state index is 0.0292. The first kappa shape index (κ1) is 8.07. The molecule has 0 saturated carbocycles. The molecule has 0 radical (unpaired) electrons. The fourth-order valence-electron chi connectivity index (χ4n) is 0.922. The highest BCUT2D eigenvalue weighted by Gasteiger charge is 1.96. The van der Waals surface area contributed by atoms with Crippen molar-refractivity contribution in [1.29, 1.82) is 0 Å². The van der Waals surface area contributed by atoms with Gasteiger partial charge in [-0.15, -0.1) is 0 Å². The van der Waals surface area contributed by atoms with Crippen molar-refractivity contribution < 1.29 is 5.11 Å². The van der Waals surface area contributed by atoms with Gasteiger partial charge in [0, 0.05) is 32.6 Å². The van der Waals surface area contributed by atoms with Crippen LogP contribution in [0.2, 0.25) is 0 Å². The molecule has 0 aliphatic rings. The molecule has 0 spiro atoms. The molecule has 1 aromatic rings.